The fourth-order valence-electron chi connectivity index (χ4n) is 6.34. The van der Waals surface area contributed by atoms with Gasteiger partial charge in [0.25, 0.3) is 0 Å². The summed E-state index contributed by atoms with van der Waals surface area (Å²) in [6.07, 6.45) is 1.13. The Kier molecular flexibility index (Phi) is 11.1. The fourth-order valence-corrected chi connectivity index (χ4v) is 11.1. The van der Waals surface area contributed by atoms with E-state index in [1.54, 1.807) is 22.3 Å². The Balaban J connectivity index is 3.08. The smallest absolute Gasteiger partial charge is 0.0199 e. The Labute approximate surface area is 279 Å². The predicted molar refractivity (Wildman–Crippen MR) is 208 cm³/mol. The lowest BCUT2D eigenvalue weighted by molar-refractivity contribution is 0.540. The van der Waals surface area contributed by atoms with Crippen LogP contribution in [0.3, 0.4) is 0 Å². The molecule has 2 aromatic rings. The zero-order valence-electron chi connectivity index (χ0n) is 33.1. The second-order valence-electron chi connectivity index (χ2n) is 20.8. The molecule has 3 unspecified atom stereocenters. The van der Waals surface area contributed by atoms with E-state index in [-0.39, 0.29) is 37.6 Å². The highest BCUT2D eigenvalue weighted by atomic mass is 31.2. The minimum Gasteiger partial charge on any atom is -0.125 e. The van der Waals surface area contributed by atoms with Crippen molar-refractivity contribution in [1.29, 1.82) is 0 Å². The maximum Gasteiger partial charge on any atom is 0.0199 e. The third kappa shape index (κ3) is 9.22. The van der Waals surface area contributed by atoms with Crippen LogP contribution in [-0.2, 0) is 38.7 Å². The molecule has 0 N–H and O–H groups in total. The maximum absolute atomic E-state index is 3.45. The summed E-state index contributed by atoms with van der Waals surface area (Å²) < 4.78 is 0. The molecule has 0 spiro atoms. The second-order valence-corrected chi connectivity index (χ2v) is 25.2. The largest absolute Gasteiger partial charge is 0.125 e. The Morgan fingerprint density at radius 3 is 0.955 bits per heavy atom. The summed E-state index contributed by atoms with van der Waals surface area (Å²) in [4.78, 5) is 0. The molecular weight excluding hydrogens is 566 g/mol. The Morgan fingerprint density at radius 1 is 0.455 bits per heavy atom. The van der Waals surface area contributed by atoms with Crippen LogP contribution in [0.1, 0.15) is 195 Å². The van der Waals surface area contributed by atoms with Crippen LogP contribution in [-0.4, -0.2) is 5.16 Å². The van der Waals surface area contributed by atoms with Gasteiger partial charge < -0.3 is 0 Å². The Morgan fingerprint density at radius 2 is 0.727 bits per heavy atom. The standard InChI is InChI=1S/C42H72P2/c1-36(2,3)27-22-30(38(7,8)9)29(31(23-27)39(10,11)12)26-44(42(19,20)21)35(43)34-32(40(13,14)15)24-28(37(4,5)6)25-33(34)41(16,17)18/h22-25,35H,26,43H2,1-21H3. The number of rotatable bonds is 4. The first-order chi connectivity index (χ1) is 19.2. The molecule has 3 atom stereocenters. The van der Waals surface area contributed by atoms with Gasteiger partial charge in [0.05, 0.1) is 0 Å². The van der Waals surface area contributed by atoms with Gasteiger partial charge in [0.2, 0.25) is 0 Å². The normalized spacial score (nSPS) is 15.9. The van der Waals surface area contributed by atoms with Gasteiger partial charge in [-0.2, -0.15) is 0 Å². The van der Waals surface area contributed by atoms with Crippen molar-refractivity contribution in [2.24, 2.45) is 0 Å². The number of benzene rings is 2. The van der Waals surface area contributed by atoms with E-state index in [9.17, 15) is 0 Å². The molecule has 0 saturated heterocycles. The lowest BCUT2D eigenvalue weighted by Gasteiger charge is -2.43. The van der Waals surface area contributed by atoms with Gasteiger partial charge in [-0.3, -0.25) is 0 Å². The molecule has 0 aromatic heterocycles. The summed E-state index contributed by atoms with van der Waals surface area (Å²) in [7, 11) is 2.97. The van der Waals surface area contributed by atoms with E-state index in [2.05, 4.69) is 179 Å². The minimum atomic E-state index is -0.481. The van der Waals surface area contributed by atoms with E-state index in [0.29, 0.717) is 5.40 Å². The Bertz CT molecular complexity index is 1240. The van der Waals surface area contributed by atoms with Crippen molar-refractivity contribution in [3.05, 3.63) is 68.8 Å². The van der Waals surface area contributed by atoms with Gasteiger partial charge in [0.15, 0.2) is 0 Å². The molecule has 2 heteroatoms. The summed E-state index contributed by atoms with van der Waals surface area (Å²) >= 11 is 0. The van der Waals surface area contributed by atoms with Crippen LogP contribution in [0, 0.1) is 0 Å². The zero-order chi connectivity index (χ0) is 34.8. The van der Waals surface area contributed by atoms with Crippen molar-refractivity contribution in [3.8, 4) is 0 Å². The number of hydrogen-bond acceptors (Lipinski definition) is 0. The van der Waals surface area contributed by atoms with E-state index in [1.807, 2.05) is 0 Å². The summed E-state index contributed by atoms with van der Waals surface area (Å²) in [6, 6.07) is 10.3. The molecule has 250 valence electrons. The molecule has 2 rings (SSSR count). The second kappa shape index (κ2) is 12.4. The molecule has 0 heterocycles. The van der Waals surface area contributed by atoms with Crippen molar-refractivity contribution in [2.75, 3.05) is 0 Å². The van der Waals surface area contributed by atoms with Gasteiger partial charge in [-0.15, -0.1) is 9.24 Å². The van der Waals surface area contributed by atoms with Crippen molar-refractivity contribution >= 4 is 17.2 Å². The van der Waals surface area contributed by atoms with Gasteiger partial charge in [0, 0.05) is 5.40 Å². The van der Waals surface area contributed by atoms with E-state index >= 15 is 0 Å². The first-order valence-corrected chi connectivity index (χ1v) is 19.3. The van der Waals surface area contributed by atoms with Crippen molar-refractivity contribution in [1.82, 2.24) is 0 Å². The summed E-state index contributed by atoms with van der Waals surface area (Å²) in [5, 5.41) is 0.548. The van der Waals surface area contributed by atoms with Gasteiger partial charge in [-0.25, -0.2) is 0 Å². The molecule has 0 radical (unpaired) electrons. The topological polar surface area (TPSA) is 0 Å². The monoisotopic (exact) mass is 639 g/mol. The fraction of sp³-hybridized carbons (Fsp3) is 0.714. The molecule has 0 aliphatic carbocycles. The highest BCUT2D eigenvalue weighted by molar-refractivity contribution is 7.65. The van der Waals surface area contributed by atoms with E-state index in [4.69, 9.17) is 0 Å². The summed E-state index contributed by atoms with van der Waals surface area (Å²) in [5.41, 5.74) is 12.7. The van der Waals surface area contributed by atoms with Crippen molar-refractivity contribution < 1.29 is 0 Å². The predicted octanol–water partition coefficient (Wildman–Crippen LogP) is 13.8. The molecule has 0 aliphatic rings. The molecule has 44 heavy (non-hydrogen) atoms. The van der Waals surface area contributed by atoms with Crippen LogP contribution in [0.15, 0.2) is 24.3 Å². The summed E-state index contributed by atoms with van der Waals surface area (Å²) in [6.45, 7) is 50.7. The van der Waals surface area contributed by atoms with Crippen molar-refractivity contribution in [3.63, 3.8) is 0 Å². The lowest BCUT2D eigenvalue weighted by atomic mass is 9.72. The molecule has 0 nitrogen and oxygen atoms in total. The lowest BCUT2D eigenvalue weighted by Crippen LogP contribution is -2.27. The molecule has 0 aliphatic heterocycles. The maximum atomic E-state index is 3.45. The van der Waals surface area contributed by atoms with Gasteiger partial charge >= 0.3 is 0 Å². The van der Waals surface area contributed by atoms with Gasteiger partial charge in [-0.05, 0) is 88.3 Å². The van der Waals surface area contributed by atoms with Crippen LogP contribution in [0.4, 0.5) is 0 Å². The van der Waals surface area contributed by atoms with Crippen LogP contribution in [0.25, 0.3) is 0 Å². The molecule has 0 bridgehead atoms. The van der Waals surface area contributed by atoms with Crippen LogP contribution in [0.2, 0.25) is 0 Å². The van der Waals surface area contributed by atoms with Crippen LogP contribution < -0.4 is 0 Å². The third-order valence-electron chi connectivity index (χ3n) is 9.22. The first-order valence-electron chi connectivity index (χ1n) is 17.1. The highest BCUT2D eigenvalue weighted by Gasteiger charge is 2.39. The molecule has 0 saturated carbocycles. The highest BCUT2D eigenvalue weighted by Crippen LogP contribution is 2.68. The average molecular weight is 639 g/mol. The minimum absolute atomic E-state index is 0.0474. The SMILES string of the molecule is CC(C)(C)c1cc(C(C)(C)C)c(CP(C(P)c2c(C(C)(C)C)cc(C(C)(C)C)cc2C(C)(C)C)C(C)(C)C)c(C(C)(C)C)c1. The van der Waals surface area contributed by atoms with Crippen LogP contribution >= 0.6 is 17.2 Å². The number of hydrogen-bond donors (Lipinski definition) is 0. The molecule has 0 amide bonds. The first kappa shape index (κ1) is 39.5. The Hall–Kier alpha value is -0.700. The average Bonchev–Trinajstić information content (AvgIpc) is 2.76. The third-order valence-corrected chi connectivity index (χ3v) is 13.9. The molecule has 2 aromatic carbocycles. The van der Waals surface area contributed by atoms with Crippen molar-refractivity contribution in [2.45, 2.75) is 195 Å². The molecule has 0 fully saturated rings. The van der Waals surface area contributed by atoms with E-state index in [1.165, 1.54) is 22.3 Å². The molecular formula is C42H72P2. The van der Waals surface area contributed by atoms with E-state index < -0.39 is 7.92 Å². The van der Waals surface area contributed by atoms with Gasteiger partial charge in [0.1, 0.15) is 0 Å². The van der Waals surface area contributed by atoms with Gasteiger partial charge in [-0.1, -0.05) is 178 Å². The van der Waals surface area contributed by atoms with E-state index in [0.717, 1.165) is 6.16 Å². The quantitative estimate of drug-likeness (QED) is 0.292. The van der Waals surface area contributed by atoms with Crippen LogP contribution in [0.5, 0.6) is 0 Å². The zero-order valence-corrected chi connectivity index (χ0v) is 35.2. The summed E-state index contributed by atoms with van der Waals surface area (Å²) in [5.74, 6) is 0.